The molecule has 3 aliphatic rings. The molecule has 3 atom stereocenters. The molecule has 0 saturated heterocycles. The van der Waals surface area contributed by atoms with Crippen molar-refractivity contribution < 1.29 is 36.9 Å². The van der Waals surface area contributed by atoms with Crippen LogP contribution in [-0.2, 0) is 43.2 Å². The van der Waals surface area contributed by atoms with Crippen LogP contribution >= 0.6 is 0 Å². The van der Waals surface area contributed by atoms with Crippen LogP contribution in [-0.4, -0.2) is 45.8 Å². The van der Waals surface area contributed by atoms with E-state index in [0.29, 0.717) is 24.0 Å². The third kappa shape index (κ3) is 9.58. The van der Waals surface area contributed by atoms with Crippen molar-refractivity contribution in [3.63, 3.8) is 0 Å². The summed E-state index contributed by atoms with van der Waals surface area (Å²) in [6, 6.07) is 8.53. The summed E-state index contributed by atoms with van der Waals surface area (Å²) < 4.78 is 0. The van der Waals surface area contributed by atoms with Gasteiger partial charge in [-0.2, -0.15) is 0 Å². The van der Waals surface area contributed by atoms with Crippen molar-refractivity contribution >= 4 is 18.4 Å². The Bertz CT molecular complexity index is 1560. The summed E-state index contributed by atoms with van der Waals surface area (Å²) >= 11 is 0. The van der Waals surface area contributed by atoms with Crippen molar-refractivity contribution in [1.82, 2.24) is 0 Å². The number of rotatable bonds is 5. The van der Waals surface area contributed by atoms with Crippen LogP contribution < -0.4 is 0 Å². The van der Waals surface area contributed by atoms with Crippen LogP contribution in [0.25, 0.3) is 0 Å². The minimum atomic E-state index is -0.833. The van der Waals surface area contributed by atoms with E-state index in [4.69, 9.17) is 19.9 Å². The summed E-state index contributed by atoms with van der Waals surface area (Å²) in [6.45, 7) is 32.6. The van der Waals surface area contributed by atoms with Crippen LogP contribution in [0, 0.1) is 17.3 Å². The molecular weight excluding hydrogens is 655 g/mol. The number of phenols is 2. The van der Waals surface area contributed by atoms with E-state index in [1.165, 1.54) is 17.5 Å². The van der Waals surface area contributed by atoms with Crippen molar-refractivity contribution in [2.45, 2.75) is 150 Å². The molecule has 3 fully saturated rings. The first-order valence-corrected chi connectivity index (χ1v) is 17.6. The van der Waals surface area contributed by atoms with Gasteiger partial charge in [0, 0.05) is 58.4 Å². The zero-order valence-electron chi connectivity index (χ0n) is 32.9. The van der Waals surface area contributed by atoms with Crippen molar-refractivity contribution in [3.05, 3.63) is 57.6 Å². The summed E-state index contributed by atoms with van der Waals surface area (Å²) in [6.07, 6.45) is 7.10. The van der Waals surface area contributed by atoms with Gasteiger partial charge in [-0.15, -0.1) is 0 Å². The second kappa shape index (κ2) is 14.5. The maximum atomic E-state index is 11.5. The molecule has 3 saturated carbocycles. The van der Waals surface area contributed by atoms with E-state index in [9.17, 15) is 10.2 Å². The van der Waals surface area contributed by atoms with Crippen molar-refractivity contribution in [3.8, 4) is 11.5 Å². The minimum absolute atomic E-state index is 0. The predicted molar refractivity (Wildman–Crippen MR) is 202 cm³/mol. The monoisotopic (exact) mass is 719 g/mol. The molecule has 2 aromatic carbocycles. The van der Waals surface area contributed by atoms with Gasteiger partial charge < -0.3 is 15.3 Å². The molecule has 2 aromatic rings. The van der Waals surface area contributed by atoms with Gasteiger partial charge in [0.25, 0.3) is 5.97 Å². The zero-order valence-corrected chi connectivity index (χ0v) is 34.0. The number of aliphatic imine (C=N–C) groups is 2. The average molecular weight is 720 g/mol. The molecule has 7 heteroatoms. The largest absolute Gasteiger partial charge is 0.507 e. The molecule has 3 N–H and O–H groups in total. The first kappa shape index (κ1) is 42.5. The van der Waals surface area contributed by atoms with Crippen LogP contribution in [0.3, 0.4) is 0 Å². The van der Waals surface area contributed by atoms with Crippen LogP contribution in [0.5, 0.6) is 11.5 Å². The predicted octanol–water partition coefficient (Wildman–Crippen LogP) is 10.1. The number of benzene rings is 2. The molecule has 0 aromatic heterocycles. The topological polar surface area (TPSA) is 102 Å². The Morgan fingerprint density at radius 1 is 0.776 bits per heavy atom. The summed E-state index contributed by atoms with van der Waals surface area (Å²) in [5.74, 6) is 0.954. The van der Waals surface area contributed by atoms with Gasteiger partial charge in [-0.25, -0.2) is 0 Å². The number of carboxylic acid groups (broad SMARTS) is 1. The minimum Gasteiger partial charge on any atom is -0.507 e. The molecule has 0 amide bonds. The summed E-state index contributed by atoms with van der Waals surface area (Å²) in [5, 5.41) is 30.3. The Balaban J connectivity index is 0.00000158. The second-order valence-corrected chi connectivity index (χ2v) is 19.1. The summed E-state index contributed by atoms with van der Waals surface area (Å²) in [4.78, 5) is 19.5. The number of aliphatic carboxylic acids is 1. The molecule has 0 aliphatic heterocycles. The molecule has 2 unspecified atom stereocenters. The van der Waals surface area contributed by atoms with Gasteiger partial charge >= 0.3 is 0 Å². The fourth-order valence-corrected chi connectivity index (χ4v) is 7.42. The van der Waals surface area contributed by atoms with Crippen LogP contribution in [0.1, 0.15) is 156 Å². The number of nitrogens with zero attached hydrogens (tertiary/aromatic N) is 2. The average Bonchev–Trinajstić information content (AvgIpc) is 2.90. The Labute approximate surface area is 307 Å². The normalized spacial score (nSPS) is 22.3. The molecule has 0 spiro atoms. The Hall–Kier alpha value is -2.64. The Kier molecular flexibility index (Phi) is 12.6. The first-order valence-electron chi connectivity index (χ1n) is 17.6. The third-order valence-electron chi connectivity index (χ3n) is 10.7. The summed E-state index contributed by atoms with van der Waals surface area (Å²) in [5.41, 5.74) is 5.21. The van der Waals surface area contributed by atoms with E-state index >= 15 is 0 Å². The fourth-order valence-electron chi connectivity index (χ4n) is 7.42. The molecule has 0 heterocycles. The number of hydrogen-bond donors (Lipinski definition) is 3. The quantitative estimate of drug-likeness (QED) is 0.268. The molecule has 275 valence electrons. The van der Waals surface area contributed by atoms with E-state index in [1.807, 2.05) is 12.4 Å². The Morgan fingerprint density at radius 3 is 1.53 bits per heavy atom. The zero-order chi connectivity index (χ0) is 36.8. The van der Waals surface area contributed by atoms with E-state index < -0.39 is 5.97 Å². The first-order chi connectivity index (χ1) is 21.6. The number of carbonyl (C=O) groups is 1. The van der Waals surface area contributed by atoms with E-state index in [1.54, 1.807) is 0 Å². The number of hydrogen-bond acceptors (Lipinski definition) is 5. The van der Waals surface area contributed by atoms with Crippen molar-refractivity contribution in [1.29, 1.82) is 0 Å². The van der Waals surface area contributed by atoms with Gasteiger partial charge in [-0.3, -0.25) is 14.8 Å². The smallest absolute Gasteiger partial charge is 0.300 e. The van der Waals surface area contributed by atoms with Gasteiger partial charge in [-0.1, -0.05) is 109 Å². The van der Waals surface area contributed by atoms with Crippen LogP contribution in [0.2, 0.25) is 0 Å². The number of phenolic OH excluding ortho intramolecular Hbond substituents is 2. The van der Waals surface area contributed by atoms with Gasteiger partial charge in [0.15, 0.2) is 0 Å². The molecule has 1 radical (unpaired) electrons. The maximum Gasteiger partial charge on any atom is 0.300 e. The van der Waals surface area contributed by atoms with Crippen molar-refractivity contribution in [2.75, 3.05) is 6.54 Å². The maximum absolute atomic E-state index is 11.5. The standard InChI is InChI=1S/C40H60N2O2.C2H4O2.Co/c1-35(2,3)28-17-25(33(43)30(19-28)37(7,8)9)22-41-24-40(16-15-27-21-32(40)39(27,13)14)42-23-26-18-29(36(4,5)6)20-31(34(26)44)38(10,11)12;1-2(3)4;/h17-20,22-23,27,32,43-44H,15-16,21,24H2,1-14H3;1H3,(H,3,4);/t27-,32?,40?;;/m1../s1. The van der Waals surface area contributed by atoms with Crippen molar-refractivity contribution in [2.24, 2.45) is 27.2 Å². The second-order valence-electron chi connectivity index (χ2n) is 19.1. The van der Waals surface area contributed by atoms with Gasteiger partial charge in [-0.05, 0) is 81.4 Å². The third-order valence-corrected chi connectivity index (χ3v) is 10.7. The van der Waals surface area contributed by atoms with E-state index in [-0.39, 0.29) is 49.4 Å². The van der Waals surface area contributed by atoms with Crippen LogP contribution in [0.4, 0.5) is 0 Å². The molecule has 49 heavy (non-hydrogen) atoms. The van der Waals surface area contributed by atoms with E-state index in [2.05, 4.69) is 121 Å². The summed E-state index contributed by atoms with van der Waals surface area (Å²) in [7, 11) is 0. The van der Waals surface area contributed by atoms with E-state index in [0.717, 1.165) is 47.9 Å². The van der Waals surface area contributed by atoms with Gasteiger partial charge in [0.1, 0.15) is 11.5 Å². The number of carboxylic acids is 1. The van der Waals surface area contributed by atoms with Gasteiger partial charge in [0.05, 0.1) is 12.1 Å². The van der Waals surface area contributed by atoms with Crippen LogP contribution in [0.15, 0.2) is 34.3 Å². The molecule has 2 bridgehead atoms. The fraction of sp³-hybridized carbons (Fsp3) is 0.643. The van der Waals surface area contributed by atoms with Gasteiger partial charge in [0.2, 0.25) is 0 Å². The molecule has 6 nitrogen and oxygen atoms in total. The Morgan fingerprint density at radius 2 is 1.18 bits per heavy atom. The SMILES string of the molecule is CC(=O)O.CC(C)(C)c1cc(C=NCC2(N=Cc3cc(C(C)(C)C)cc(C(C)(C)C)c3O)CC[C@@H]3CC2C3(C)C)c(O)c(C(C)(C)C)c1.[Co]. The molecule has 3 aliphatic carbocycles. The molecular formula is C42H64CoN2O4. The molecule has 5 rings (SSSR count). The number of fused-ring (bicyclic) bond motifs is 2. The number of aromatic hydroxyl groups is 2.